The van der Waals surface area contributed by atoms with Gasteiger partial charge in [0, 0.05) is 18.2 Å². The first-order chi connectivity index (χ1) is 9.99. The summed E-state index contributed by atoms with van der Waals surface area (Å²) in [6.07, 6.45) is 1.82. The van der Waals surface area contributed by atoms with Gasteiger partial charge in [0.15, 0.2) is 0 Å². The molecule has 0 aliphatic carbocycles. The zero-order chi connectivity index (χ0) is 15.4. The van der Waals surface area contributed by atoms with E-state index in [9.17, 15) is 14.0 Å². The van der Waals surface area contributed by atoms with E-state index in [0.717, 1.165) is 12.0 Å². The summed E-state index contributed by atoms with van der Waals surface area (Å²) >= 11 is 0. The lowest BCUT2D eigenvalue weighted by atomic mass is 10.0. The van der Waals surface area contributed by atoms with E-state index in [2.05, 4.69) is 16.0 Å². The number of hydrogen-bond acceptors (Lipinski definition) is 3. The normalized spacial score (nSPS) is 14.9. The summed E-state index contributed by atoms with van der Waals surface area (Å²) in [5.41, 5.74) is 1.67. The third kappa shape index (κ3) is 3.93. The lowest BCUT2D eigenvalue weighted by Crippen LogP contribution is -2.36. The largest absolute Gasteiger partial charge is 0.374 e. The van der Waals surface area contributed by atoms with Crippen LogP contribution in [-0.4, -0.2) is 24.4 Å². The van der Waals surface area contributed by atoms with Gasteiger partial charge in [0.1, 0.15) is 5.82 Å². The van der Waals surface area contributed by atoms with Gasteiger partial charge in [-0.2, -0.15) is 0 Å². The van der Waals surface area contributed by atoms with Crippen LogP contribution in [0.5, 0.6) is 0 Å². The average molecular weight is 293 g/mol. The third-order valence-electron chi connectivity index (χ3n) is 3.55. The van der Waals surface area contributed by atoms with Crippen molar-refractivity contribution in [3.05, 3.63) is 23.5 Å². The van der Waals surface area contributed by atoms with Gasteiger partial charge in [-0.3, -0.25) is 9.59 Å². The smallest absolute Gasteiger partial charge is 0.239 e. The molecule has 0 bridgehead atoms. The molecule has 114 valence electrons. The Morgan fingerprint density at radius 1 is 1.43 bits per heavy atom. The van der Waals surface area contributed by atoms with Gasteiger partial charge < -0.3 is 16.0 Å². The highest BCUT2D eigenvalue weighted by Gasteiger charge is 2.17. The molecule has 1 atom stereocenters. The first-order valence-corrected chi connectivity index (χ1v) is 7.15. The molecule has 2 rings (SSSR count). The van der Waals surface area contributed by atoms with Crippen LogP contribution in [0.2, 0.25) is 0 Å². The molecular weight excluding hydrogens is 273 g/mol. The van der Waals surface area contributed by atoms with Crippen molar-refractivity contribution in [2.75, 3.05) is 17.2 Å². The summed E-state index contributed by atoms with van der Waals surface area (Å²) in [6.45, 7) is 3.92. The standard InChI is InChI=1S/C15H20FN3O2/c1-3-9(2)18-15(21)8-17-13-6-10-4-5-14(20)19-12(10)7-11(13)16/h6-7,9,17H,3-5,8H2,1-2H3,(H,18,21)(H,19,20). The van der Waals surface area contributed by atoms with E-state index < -0.39 is 5.82 Å². The predicted octanol–water partition coefficient (Wildman–Crippen LogP) is 2.04. The molecule has 0 fully saturated rings. The van der Waals surface area contributed by atoms with E-state index in [1.165, 1.54) is 6.07 Å². The molecule has 21 heavy (non-hydrogen) atoms. The van der Waals surface area contributed by atoms with Crippen molar-refractivity contribution >= 4 is 23.2 Å². The number of halogens is 1. The molecule has 0 saturated heterocycles. The van der Waals surface area contributed by atoms with Crippen molar-refractivity contribution in [1.29, 1.82) is 0 Å². The molecule has 1 heterocycles. The Labute approximate surface area is 123 Å². The van der Waals surface area contributed by atoms with Crippen molar-refractivity contribution in [2.45, 2.75) is 39.2 Å². The minimum absolute atomic E-state index is 0.0202. The van der Waals surface area contributed by atoms with Gasteiger partial charge in [0.05, 0.1) is 12.2 Å². The fourth-order valence-electron chi connectivity index (χ4n) is 2.14. The maximum absolute atomic E-state index is 13.9. The minimum atomic E-state index is -0.479. The van der Waals surface area contributed by atoms with Crippen LogP contribution in [0.1, 0.15) is 32.3 Å². The highest BCUT2D eigenvalue weighted by Crippen LogP contribution is 2.28. The molecular formula is C15H20FN3O2. The number of nitrogens with one attached hydrogen (secondary N) is 3. The van der Waals surface area contributed by atoms with Gasteiger partial charge in [-0.15, -0.1) is 0 Å². The summed E-state index contributed by atoms with van der Waals surface area (Å²) in [7, 11) is 0. The monoisotopic (exact) mass is 293 g/mol. The van der Waals surface area contributed by atoms with E-state index in [1.54, 1.807) is 6.07 Å². The first kappa shape index (κ1) is 15.3. The van der Waals surface area contributed by atoms with Crippen LogP contribution in [0.3, 0.4) is 0 Å². The van der Waals surface area contributed by atoms with Gasteiger partial charge >= 0.3 is 0 Å². The SMILES string of the molecule is CCC(C)NC(=O)CNc1cc2c(cc1F)NC(=O)CC2. The van der Waals surface area contributed by atoms with Gasteiger partial charge in [-0.25, -0.2) is 4.39 Å². The Bertz CT molecular complexity index is 560. The summed E-state index contributed by atoms with van der Waals surface area (Å²) < 4.78 is 13.9. The highest BCUT2D eigenvalue weighted by molar-refractivity contribution is 5.94. The fraction of sp³-hybridized carbons (Fsp3) is 0.467. The van der Waals surface area contributed by atoms with Crippen molar-refractivity contribution in [3.63, 3.8) is 0 Å². The quantitative estimate of drug-likeness (QED) is 0.778. The summed E-state index contributed by atoms with van der Waals surface area (Å²) in [5.74, 6) is -0.752. The van der Waals surface area contributed by atoms with Gasteiger partial charge in [0.2, 0.25) is 11.8 Å². The van der Waals surface area contributed by atoms with Crippen LogP contribution in [0.25, 0.3) is 0 Å². The van der Waals surface area contributed by atoms with Gasteiger partial charge in [-0.1, -0.05) is 6.92 Å². The minimum Gasteiger partial charge on any atom is -0.374 e. The number of hydrogen-bond donors (Lipinski definition) is 3. The second kappa shape index (κ2) is 6.56. The Hall–Kier alpha value is -2.11. The number of amides is 2. The molecule has 0 saturated carbocycles. The average Bonchev–Trinajstić information content (AvgIpc) is 2.44. The molecule has 1 aliphatic heterocycles. The van der Waals surface area contributed by atoms with E-state index in [4.69, 9.17) is 0 Å². The Morgan fingerprint density at radius 3 is 2.90 bits per heavy atom. The van der Waals surface area contributed by atoms with E-state index >= 15 is 0 Å². The summed E-state index contributed by atoms with van der Waals surface area (Å²) in [5, 5.41) is 8.25. The number of fused-ring (bicyclic) bond motifs is 1. The Kier molecular flexibility index (Phi) is 4.77. The van der Waals surface area contributed by atoms with E-state index in [0.29, 0.717) is 18.5 Å². The second-order valence-corrected chi connectivity index (χ2v) is 5.27. The number of anilines is 2. The lowest BCUT2D eigenvalue weighted by Gasteiger charge is -2.19. The molecule has 0 spiro atoms. The maximum atomic E-state index is 13.9. The molecule has 0 radical (unpaired) electrons. The van der Waals surface area contributed by atoms with Crippen molar-refractivity contribution in [1.82, 2.24) is 5.32 Å². The highest BCUT2D eigenvalue weighted by atomic mass is 19.1. The predicted molar refractivity (Wildman–Crippen MR) is 79.7 cm³/mol. The number of benzene rings is 1. The van der Waals surface area contributed by atoms with Gasteiger partial charge in [0.25, 0.3) is 0 Å². The Morgan fingerprint density at radius 2 is 2.19 bits per heavy atom. The van der Waals surface area contributed by atoms with Crippen LogP contribution < -0.4 is 16.0 Å². The summed E-state index contributed by atoms with van der Waals surface area (Å²) in [4.78, 5) is 22.9. The van der Waals surface area contributed by atoms with E-state index in [1.807, 2.05) is 13.8 Å². The Balaban J connectivity index is 2.01. The topological polar surface area (TPSA) is 70.2 Å². The van der Waals surface area contributed by atoms with Crippen LogP contribution in [-0.2, 0) is 16.0 Å². The lowest BCUT2D eigenvalue weighted by molar-refractivity contribution is -0.120. The molecule has 1 aromatic rings. The third-order valence-corrected chi connectivity index (χ3v) is 3.55. The molecule has 1 aromatic carbocycles. The van der Waals surface area contributed by atoms with Gasteiger partial charge in [-0.05, 0) is 37.5 Å². The fourth-order valence-corrected chi connectivity index (χ4v) is 2.14. The number of carbonyl (C=O) groups is 2. The molecule has 5 nitrogen and oxygen atoms in total. The van der Waals surface area contributed by atoms with E-state index in [-0.39, 0.29) is 30.1 Å². The number of carbonyl (C=O) groups excluding carboxylic acids is 2. The second-order valence-electron chi connectivity index (χ2n) is 5.27. The molecule has 2 amide bonds. The first-order valence-electron chi connectivity index (χ1n) is 7.15. The molecule has 0 aromatic heterocycles. The van der Waals surface area contributed by atoms with Crippen LogP contribution >= 0.6 is 0 Å². The summed E-state index contributed by atoms with van der Waals surface area (Å²) in [6, 6.07) is 3.05. The van der Waals surface area contributed by atoms with Crippen LogP contribution in [0.4, 0.5) is 15.8 Å². The molecule has 6 heteroatoms. The number of aryl methyl sites for hydroxylation is 1. The molecule has 3 N–H and O–H groups in total. The molecule has 1 aliphatic rings. The molecule has 1 unspecified atom stereocenters. The zero-order valence-corrected chi connectivity index (χ0v) is 12.3. The van der Waals surface area contributed by atoms with Crippen molar-refractivity contribution in [3.8, 4) is 0 Å². The van der Waals surface area contributed by atoms with Crippen molar-refractivity contribution in [2.24, 2.45) is 0 Å². The zero-order valence-electron chi connectivity index (χ0n) is 12.3. The van der Waals surface area contributed by atoms with Crippen LogP contribution in [0, 0.1) is 5.82 Å². The van der Waals surface area contributed by atoms with Crippen LogP contribution in [0.15, 0.2) is 12.1 Å². The maximum Gasteiger partial charge on any atom is 0.239 e. The number of rotatable bonds is 5. The van der Waals surface area contributed by atoms with Crippen molar-refractivity contribution < 1.29 is 14.0 Å².